The van der Waals surface area contributed by atoms with Gasteiger partial charge in [0.05, 0.1) is 0 Å². The molecule has 1 aliphatic heterocycles. The number of anilines is 1. The van der Waals surface area contributed by atoms with Crippen molar-refractivity contribution in [3.05, 3.63) is 47.5 Å². The Morgan fingerprint density at radius 3 is 2.70 bits per heavy atom. The van der Waals surface area contributed by atoms with Crippen LogP contribution in [0.2, 0.25) is 0 Å². The molecule has 0 spiro atoms. The van der Waals surface area contributed by atoms with Crippen LogP contribution < -0.4 is 19.5 Å². The Kier molecular flexibility index (Phi) is 4.10. The Morgan fingerprint density at radius 2 is 1.91 bits per heavy atom. The van der Waals surface area contributed by atoms with Crippen LogP contribution in [0.1, 0.15) is 18.1 Å². The second-order valence-corrected chi connectivity index (χ2v) is 5.59. The number of carbonyl (C=O) groups excluding carboxylic acids is 1. The standard InChI is InChI=1S/C18H19NO4/c1-11-4-6-15(12(2)8-11)23-13(3)18(20)19-14-5-7-16-17(9-14)22-10-21-16/h4-9,13H,10H2,1-3H3,(H,19,20)/t13-/m0/s1. The summed E-state index contributed by atoms with van der Waals surface area (Å²) < 4.78 is 16.3. The van der Waals surface area contributed by atoms with Crippen molar-refractivity contribution in [2.24, 2.45) is 0 Å². The first-order chi connectivity index (χ1) is 11.0. The summed E-state index contributed by atoms with van der Waals surface area (Å²) in [5.74, 6) is 1.81. The summed E-state index contributed by atoms with van der Waals surface area (Å²) in [6.45, 7) is 5.91. The molecule has 2 aromatic carbocycles. The Morgan fingerprint density at radius 1 is 1.13 bits per heavy atom. The molecule has 5 nitrogen and oxygen atoms in total. The van der Waals surface area contributed by atoms with Gasteiger partial charge >= 0.3 is 0 Å². The number of hydrogen-bond donors (Lipinski definition) is 1. The average Bonchev–Trinajstić information content (AvgIpc) is 2.97. The zero-order valence-corrected chi connectivity index (χ0v) is 13.4. The van der Waals surface area contributed by atoms with Gasteiger partial charge in [-0.05, 0) is 44.5 Å². The molecular formula is C18H19NO4. The molecule has 0 unspecified atom stereocenters. The molecular weight excluding hydrogens is 294 g/mol. The third-order valence-electron chi connectivity index (χ3n) is 3.64. The average molecular weight is 313 g/mol. The van der Waals surface area contributed by atoms with Gasteiger partial charge in [0.1, 0.15) is 5.75 Å². The zero-order chi connectivity index (χ0) is 16.4. The van der Waals surface area contributed by atoms with Crippen LogP contribution in [-0.2, 0) is 4.79 Å². The summed E-state index contributed by atoms with van der Waals surface area (Å²) in [5.41, 5.74) is 2.82. The maximum Gasteiger partial charge on any atom is 0.265 e. The van der Waals surface area contributed by atoms with Crippen LogP contribution in [0.25, 0.3) is 0 Å². The van der Waals surface area contributed by atoms with E-state index in [0.29, 0.717) is 22.9 Å². The molecule has 0 aliphatic carbocycles. The van der Waals surface area contributed by atoms with E-state index in [1.54, 1.807) is 25.1 Å². The summed E-state index contributed by atoms with van der Waals surface area (Å²) in [5, 5.41) is 2.82. The number of benzene rings is 2. The summed E-state index contributed by atoms with van der Waals surface area (Å²) in [6, 6.07) is 11.2. The molecule has 1 heterocycles. The van der Waals surface area contributed by atoms with Crippen molar-refractivity contribution in [1.29, 1.82) is 0 Å². The van der Waals surface area contributed by atoms with Gasteiger partial charge in [0.25, 0.3) is 5.91 Å². The van der Waals surface area contributed by atoms with Gasteiger partial charge in [0.2, 0.25) is 6.79 Å². The largest absolute Gasteiger partial charge is 0.481 e. The van der Waals surface area contributed by atoms with Crippen LogP contribution in [0.15, 0.2) is 36.4 Å². The van der Waals surface area contributed by atoms with E-state index in [2.05, 4.69) is 5.32 Å². The number of hydrogen-bond acceptors (Lipinski definition) is 4. The van der Waals surface area contributed by atoms with Crippen LogP contribution in [0.5, 0.6) is 17.2 Å². The van der Waals surface area contributed by atoms with Crippen molar-refractivity contribution >= 4 is 11.6 Å². The third kappa shape index (κ3) is 3.39. The van der Waals surface area contributed by atoms with Gasteiger partial charge in [0, 0.05) is 11.8 Å². The molecule has 120 valence electrons. The first-order valence-corrected chi connectivity index (χ1v) is 7.47. The van der Waals surface area contributed by atoms with Gasteiger partial charge in [-0.3, -0.25) is 4.79 Å². The van der Waals surface area contributed by atoms with E-state index in [1.807, 2.05) is 32.0 Å². The Bertz CT molecular complexity index is 742. The fourth-order valence-electron chi connectivity index (χ4n) is 2.39. The highest BCUT2D eigenvalue weighted by Crippen LogP contribution is 2.34. The second kappa shape index (κ2) is 6.20. The van der Waals surface area contributed by atoms with Crippen LogP contribution in [-0.4, -0.2) is 18.8 Å². The lowest BCUT2D eigenvalue weighted by Gasteiger charge is -2.16. The van der Waals surface area contributed by atoms with Gasteiger partial charge in [-0.2, -0.15) is 0 Å². The lowest BCUT2D eigenvalue weighted by atomic mass is 10.1. The highest BCUT2D eigenvalue weighted by Gasteiger charge is 2.18. The van der Waals surface area contributed by atoms with E-state index in [4.69, 9.17) is 14.2 Å². The number of aryl methyl sites for hydroxylation is 2. The highest BCUT2D eigenvalue weighted by molar-refractivity contribution is 5.94. The van der Waals surface area contributed by atoms with Gasteiger partial charge in [0.15, 0.2) is 17.6 Å². The molecule has 5 heteroatoms. The van der Waals surface area contributed by atoms with Crippen molar-refractivity contribution in [2.75, 3.05) is 12.1 Å². The van der Waals surface area contributed by atoms with E-state index < -0.39 is 6.10 Å². The van der Waals surface area contributed by atoms with Crippen LogP contribution in [0.3, 0.4) is 0 Å². The van der Waals surface area contributed by atoms with Gasteiger partial charge in [-0.15, -0.1) is 0 Å². The molecule has 0 fully saturated rings. The monoisotopic (exact) mass is 313 g/mol. The molecule has 2 aromatic rings. The maximum atomic E-state index is 12.3. The molecule has 0 bridgehead atoms. The first kappa shape index (κ1) is 15.2. The number of carbonyl (C=O) groups is 1. The lowest BCUT2D eigenvalue weighted by Crippen LogP contribution is -2.30. The molecule has 1 amide bonds. The summed E-state index contributed by atoms with van der Waals surface area (Å²) in [4.78, 5) is 12.3. The van der Waals surface area contributed by atoms with Crippen molar-refractivity contribution in [3.63, 3.8) is 0 Å². The summed E-state index contributed by atoms with van der Waals surface area (Å²) in [7, 11) is 0. The van der Waals surface area contributed by atoms with Gasteiger partial charge in [-0.25, -0.2) is 0 Å². The molecule has 1 atom stereocenters. The van der Waals surface area contributed by atoms with E-state index in [0.717, 1.165) is 11.1 Å². The molecule has 3 rings (SSSR count). The van der Waals surface area contributed by atoms with Gasteiger partial charge < -0.3 is 19.5 Å². The van der Waals surface area contributed by atoms with E-state index in [-0.39, 0.29) is 12.7 Å². The fraction of sp³-hybridized carbons (Fsp3) is 0.278. The summed E-state index contributed by atoms with van der Waals surface area (Å²) >= 11 is 0. The Labute approximate surface area is 135 Å². The molecule has 1 aliphatic rings. The van der Waals surface area contributed by atoms with Crippen LogP contribution >= 0.6 is 0 Å². The Hall–Kier alpha value is -2.69. The molecule has 0 saturated carbocycles. The van der Waals surface area contributed by atoms with Crippen LogP contribution in [0, 0.1) is 13.8 Å². The minimum absolute atomic E-state index is 0.207. The van der Waals surface area contributed by atoms with E-state index in [9.17, 15) is 4.79 Å². The second-order valence-electron chi connectivity index (χ2n) is 5.59. The van der Waals surface area contributed by atoms with Crippen molar-refractivity contribution in [2.45, 2.75) is 26.9 Å². The first-order valence-electron chi connectivity index (χ1n) is 7.47. The number of rotatable bonds is 4. The zero-order valence-electron chi connectivity index (χ0n) is 13.4. The molecule has 23 heavy (non-hydrogen) atoms. The van der Waals surface area contributed by atoms with Crippen molar-refractivity contribution < 1.29 is 19.0 Å². The molecule has 0 radical (unpaired) electrons. The van der Waals surface area contributed by atoms with Crippen LogP contribution in [0.4, 0.5) is 5.69 Å². The van der Waals surface area contributed by atoms with Gasteiger partial charge in [-0.1, -0.05) is 17.7 Å². The van der Waals surface area contributed by atoms with Crippen molar-refractivity contribution in [3.8, 4) is 17.2 Å². The maximum absolute atomic E-state index is 12.3. The quantitative estimate of drug-likeness (QED) is 0.939. The van der Waals surface area contributed by atoms with Crippen molar-refractivity contribution in [1.82, 2.24) is 0 Å². The predicted octanol–water partition coefficient (Wildman–Crippen LogP) is 3.44. The topological polar surface area (TPSA) is 56.8 Å². The Balaban J connectivity index is 1.65. The fourth-order valence-corrected chi connectivity index (χ4v) is 2.39. The minimum atomic E-state index is -0.609. The SMILES string of the molecule is Cc1ccc(O[C@@H](C)C(=O)Nc2ccc3c(c2)OCO3)c(C)c1. The number of amides is 1. The lowest BCUT2D eigenvalue weighted by molar-refractivity contribution is -0.122. The van der Waals surface area contributed by atoms with E-state index in [1.165, 1.54) is 0 Å². The normalized spacial score (nSPS) is 13.5. The predicted molar refractivity (Wildman–Crippen MR) is 87.2 cm³/mol. The molecule has 0 saturated heterocycles. The highest BCUT2D eigenvalue weighted by atomic mass is 16.7. The van der Waals surface area contributed by atoms with E-state index >= 15 is 0 Å². The number of nitrogens with one attached hydrogen (secondary N) is 1. The summed E-state index contributed by atoms with van der Waals surface area (Å²) in [6.07, 6.45) is -0.609. The molecule has 1 N–H and O–H groups in total. The number of ether oxygens (including phenoxy) is 3. The number of fused-ring (bicyclic) bond motifs is 1. The third-order valence-corrected chi connectivity index (χ3v) is 3.64. The smallest absolute Gasteiger partial charge is 0.265 e. The minimum Gasteiger partial charge on any atom is -0.481 e. The molecule has 0 aromatic heterocycles.